The van der Waals surface area contributed by atoms with E-state index in [0.717, 1.165) is 17.2 Å². The Bertz CT molecular complexity index is 548. The fourth-order valence-corrected chi connectivity index (χ4v) is 1.70. The third-order valence-corrected chi connectivity index (χ3v) is 2.61. The van der Waals surface area contributed by atoms with Crippen molar-refractivity contribution < 1.29 is 0 Å². The minimum absolute atomic E-state index is 0.659. The predicted octanol–water partition coefficient (Wildman–Crippen LogP) is 3.34. The lowest BCUT2D eigenvalue weighted by Crippen LogP contribution is -2.06. The number of rotatable bonds is 7. The molecule has 0 aliphatic heterocycles. The zero-order chi connectivity index (χ0) is 14.2. The summed E-state index contributed by atoms with van der Waals surface area (Å²) in [6.45, 7) is 8.70. The van der Waals surface area contributed by atoms with Crippen LogP contribution in [0.5, 0.6) is 0 Å². The second-order valence-electron chi connectivity index (χ2n) is 4.17. The molecular formula is C16H18N4. The molecule has 0 spiro atoms. The van der Waals surface area contributed by atoms with Crippen LogP contribution in [0, 0.1) is 0 Å². The normalized spacial score (nSPS) is 9.80. The van der Waals surface area contributed by atoms with Crippen LogP contribution in [0.1, 0.15) is 0 Å². The van der Waals surface area contributed by atoms with Gasteiger partial charge in [-0.25, -0.2) is 9.97 Å². The highest BCUT2D eigenvalue weighted by Crippen LogP contribution is 2.19. The molecule has 1 aromatic carbocycles. The van der Waals surface area contributed by atoms with Crippen LogP contribution < -0.4 is 10.6 Å². The van der Waals surface area contributed by atoms with Crippen molar-refractivity contribution in [3.05, 3.63) is 61.7 Å². The molecule has 1 aromatic heterocycles. The first kappa shape index (κ1) is 13.8. The molecule has 0 saturated heterocycles. The van der Waals surface area contributed by atoms with Crippen LogP contribution in [-0.2, 0) is 0 Å². The molecule has 2 rings (SSSR count). The van der Waals surface area contributed by atoms with Crippen molar-refractivity contribution in [1.82, 2.24) is 9.97 Å². The first-order valence-electron chi connectivity index (χ1n) is 6.47. The van der Waals surface area contributed by atoms with Crippen molar-refractivity contribution in [2.24, 2.45) is 0 Å². The fourth-order valence-electron chi connectivity index (χ4n) is 1.70. The van der Waals surface area contributed by atoms with Gasteiger partial charge in [-0.1, -0.05) is 42.5 Å². The lowest BCUT2D eigenvalue weighted by atomic mass is 10.2. The number of nitrogens with one attached hydrogen (secondary N) is 2. The van der Waals surface area contributed by atoms with Crippen molar-refractivity contribution in [3.8, 4) is 11.4 Å². The van der Waals surface area contributed by atoms with Gasteiger partial charge in [0.05, 0.1) is 0 Å². The molecule has 0 saturated carbocycles. The van der Waals surface area contributed by atoms with Gasteiger partial charge in [-0.05, 0) is 0 Å². The highest BCUT2D eigenvalue weighted by atomic mass is 15.1. The van der Waals surface area contributed by atoms with Gasteiger partial charge >= 0.3 is 0 Å². The topological polar surface area (TPSA) is 49.8 Å². The Balaban J connectivity index is 2.34. The van der Waals surface area contributed by atoms with Gasteiger partial charge in [0.1, 0.15) is 11.6 Å². The number of hydrogen-bond donors (Lipinski definition) is 2. The SMILES string of the molecule is C=CCNc1cc(NCC=C)nc(-c2ccccc2)n1. The summed E-state index contributed by atoms with van der Waals surface area (Å²) in [7, 11) is 0. The summed E-state index contributed by atoms with van der Waals surface area (Å²) in [5.74, 6) is 2.22. The third kappa shape index (κ3) is 3.68. The van der Waals surface area contributed by atoms with E-state index in [-0.39, 0.29) is 0 Å². The molecule has 0 aliphatic carbocycles. The van der Waals surface area contributed by atoms with E-state index in [9.17, 15) is 0 Å². The van der Waals surface area contributed by atoms with Gasteiger partial charge < -0.3 is 10.6 Å². The summed E-state index contributed by atoms with van der Waals surface area (Å²) >= 11 is 0. The Labute approximate surface area is 119 Å². The first-order chi connectivity index (χ1) is 9.83. The molecule has 0 bridgehead atoms. The average molecular weight is 266 g/mol. The van der Waals surface area contributed by atoms with Crippen LogP contribution in [0.15, 0.2) is 61.7 Å². The Morgan fingerprint density at radius 3 is 1.95 bits per heavy atom. The van der Waals surface area contributed by atoms with Crippen molar-refractivity contribution >= 4 is 11.6 Å². The predicted molar refractivity (Wildman–Crippen MR) is 84.8 cm³/mol. The fraction of sp³-hybridized carbons (Fsp3) is 0.125. The van der Waals surface area contributed by atoms with Crippen LogP contribution >= 0.6 is 0 Å². The van der Waals surface area contributed by atoms with E-state index in [1.54, 1.807) is 12.2 Å². The lowest BCUT2D eigenvalue weighted by molar-refractivity contribution is 1.13. The van der Waals surface area contributed by atoms with Crippen molar-refractivity contribution in [1.29, 1.82) is 0 Å². The quantitative estimate of drug-likeness (QED) is 0.755. The minimum atomic E-state index is 0.659. The summed E-state index contributed by atoms with van der Waals surface area (Å²) in [5.41, 5.74) is 0.983. The molecule has 0 fully saturated rings. The van der Waals surface area contributed by atoms with Gasteiger partial charge in [-0.15, -0.1) is 13.2 Å². The highest BCUT2D eigenvalue weighted by molar-refractivity contribution is 5.61. The summed E-state index contributed by atoms with van der Waals surface area (Å²) < 4.78 is 0. The van der Waals surface area contributed by atoms with Crippen LogP contribution in [0.3, 0.4) is 0 Å². The Kier molecular flexibility index (Phi) is 4.89. The molecule has 0 aliphatic rings. The monoisotopic (exact) mass is 266 g/mol. The average Bonchev–Trinajstić information content (AvgIpc) is 2.51. The number of nitrogens with zero attached hydrogens (tertiary/aromatic N) is 2. The molecule has 0 radical (unpaired) electrons. The summed E-state index contributed by atoms with van der Waals surface area (Å²) in [4.78, 5) is 9.03. The number of aromatic nitrogens is 2. The van der Waals surface area contributed by atoms with E-state index in [4.69, 9.17) is 0 Å². The molecule has 2 aromatic rings. The maximum atomic E-state index is 4.51. The summed E-state index contributed by atoms with van der Waals surface area (Å²) in [6, 6.07) is 11.8. The van der Waals surface area contributed by atoms with Gasteiger partial charge in [0, 0.05) is 24.7 Å². The van der Waals surface area contributed by atoms with E-state index in [2.05, 4.69) is 33.8 Å². The van der Waals surface area contributed by atoms with E-state index >= 15 is 0 Å². The number of benzene rings is 1. The standard InChI is InChI=1S/C16H18N4/c1-3-10-17-14-12-15(18-11-4-2)20-16(19-14)13-8-6-5-7-9-13/h3-9,12H,1-2,10-11H2,(H2,17,18,19,20). The van der Waals surface area contributed by atoms with E-state index in [1.165, 1.54) is 0 Å². The van der Waals surface area contributed by atoms with E-state index < -0.39 is 0 Å². The van der Waals surface area contributed by atoms with Gasteiger partial charge in [0.25, 0.3) is 0 Å². The first-order valence-corrected chi connectivity index (χ1v) is 6.47. The van der Waals surface area contributed by atoms with Crippen LogP contribution in [0.4, 0.5) is 11.6 Å². The molecule has 2 N–H and O–H groups in total. The molecule has 20 heavy (non-hydrogen) atoms. The molecular weight excluding hydrogens is 248 g/mol. The maximum Gasteiger partial charge on any atom is 0.163 e. The van der Waals surface area contributed by atoms with Crippen molar-refractivity contribution in [3.63, 3.8) is 0 Å². The highest BCUT2D eigenvalue weighted by Gasteiger charge is 2.05. The Morgan fingerprint density at radius 2 is 1.45 bits per heavy atom. The molecule has 1 heterocycles. The molecule has 0 unspecified atom stereocenters. The second kappa shape index (κ2) is 7.09. The zero-order valence-electron chi connectivity index (χ0n) is 11.3. The molecule has 4 nitrogen and oxygen atoms in total. The molecule has 0 atom stereocenters. The second-order valence-corrected chi connectivity index (χ2v) is 4.17. The minimum Gasteiger partial charge on any atom is -0.366 e. The maximum absolute atomic E-state index is 4.51. The molecule has 102 valence electrons. The largest absolute Gasteiger partial charge is 0.366 e. The van der Waals surface area contributed by atoms with Crippen molar-refractivity contribution in [2.45, 2.75) is 0 Å². The number of anilines is 2. The zero-order valence-corrected chi connectivity index (χ0v) is 11.3. The van der Waals surface area contributed by atoms with Crippen LogP contribution in [0.2, 0.25) is 0 Å². The summed E-state index contributed by atoms with van der Waals surface area (Å²) in [5, 5.41) is 6.37. The van der Waals surface area contributed by atoms with Crippen LogP contribution in [0.25, 0.3) is 11.4 Å². The molecule has 4 heteroatoms. The van der Waals surface area contributed by atoms with E-state index in [0.29, 0.717) is 18.9 Å². The van der Waals surface area contributed by atoms with Crippen LogP contribution in [-0.4, -0.2) is 23.1 Å². The third-order valence-electron chi connectivity index (χ3n) is 2.61. The van der Waals surface area contributed by atoms with Gasteiger partial charge in [0.15, 0.2) is 5.82 Å². The summed E-state index contributed by atoms with van der Waals surface area (Å²) in [6.07, 6.45) is 3.59. The Hall–Kier alpha value is -2.62. The Morgan fingerprint density at radius 1 is 0.900 bits per heavy atom. The number of hydrogen-bond acceptors (Lipinski definition) is 4. The van der Waals surface area contributed by atoms with Gasteiger partial charge in [0.2, 0.25) is 0 Å². The molecule has 0 amide bonds. The lowest BCUT2D eigenvalue weighted by Gasteiger charge is -2.09. The van der Waals surface area contributed by atoms with Gasteiger partial charge in [-0.3, -0.25) is 0 Å². The smallest absolute Gasteiger partial charge is 0.163 e. The van der Waals surface area contributed by atoms with Crippen molar-refractivity contribution in [2.75, 3.05) is 23.7 Å². The van der Waals surface area contributed by atoms with E-state index in [1.807, 2.05) is 36.4 Å². The van der Waals surface area contributed by atoms with Gasteiger partial charge in [-0.2, -0.15) is 0 Å².